The van der Waals surface area contributed by atoms with Crippen molar-refractivity contribution in [2.75, 3.05) is 6.61 Å². The van der Waals surface area contributed by atoms with E-state index in [0.29, 0.717) is 23.7 Å². The van der Waals surface area contributed by atoms with Crippen LogP contribution in [0.25, 0.3) is 11.1 Å². The van der Waals surface area contributed by atoms with E-state index in [0.717, 1.165) is 36.2 Å². The van der Waals surface area contributed by atoms with Crippen LogP contribution in [0.3, 0.4) is 0 Å². The van der Waals surface area contributed by atoms with E-state index < -0.39 is 5.82 Å². The van der Waals surface area contributed by atoms with Gasteiger partial charge in [-0.05, 0) is 117 Å². The number of halogens is 2. The van der Waals surface area contributed by atoms with E-state index in [4.69, 9.17) is 4.74 Å². The van der Waals surface area contributed by atoms with Gasteiger partial charge >= 0.3 is 0 Å². The van der Waals surface area contributed by atoms with Crippen molar-refractivity contribution in [1.82, 2.24) is 0 Å². The maximum absolute atomic E-state index is 15.2. The second-order valence-electron chi connectivity index (χ2n) is 10.1. The van der Waals surface area contributed by atoms with Crippen molar-refractivity contribution in [1.29, 1.82) is 0 Å². The maximum Gasteiger partial charge on any atom is 0.165 e. The van der Waals surface area contributed by atoms with Crippen LogP contribution in [0, 0.1) is 29.4 Å². The van der Waals surface area contributed by atoms with Crippen molar-refractivity contribution < 1.29 is 13.5 Å². The third-order valence-electron chi connectivity index (χ3n) is 7.98. The average Bonchev–Trinajstić information content (AvgIpc) is 2.85. The van der Waals surface area contributed by atoms with E-state index in [9.17, 15) is 4.39 Å². The second-order valence-corrected chi connectivity index (χ2v) is 10.1. The Balaban J connectivity index is 1.39. The lowest BCUT2D eigenvalue weighted by Crippen LogP contribution is -2.30. The second kappa shape index (κ2) is 11.8. The molecular formula is C31H38F2O. The molecule has 2 aliphatic rings. The average molecular weight is 465 g/mol. The zero-order valence-corrected chi connectivity index (χ0v) is 20.6. The summed E-state index contributed by atoms with van der Waals surface area (Å²) in [6.45, 7) is 4.32. The molecule has 2 aromatic rings. The first kappa shape index (κ1) is 24.7. The molecule has 2 saturated carbocycles. The molecule has 0 N–H and O–H groups in total. The van der Waals surface area contributed by atoms with Gasteiger partial charge in [-0.2, -0.15) is 0 Å². The fraction of sp³-hybridized carbons (Fsp3) is 0.484. The largest absolute Gasteiger partial charge is 0.486 e. The monoisotopic (exact) mass is 464 g/mol. The Kier molecular flexibility index (Phi) is 8.59. The fourth-order valence-corrected chi connectivity index (χ4v) is 6.10. The van der Waals surface area contributed by atoms with Gasteiger partial charge in [-0.3, -0.25) is 0 Å². The van der Waals surface area contributed by atoms with E-state index in [-0.39, 0.29) is 11.6 Å². The molecule has 0 aromatic heterocycles. The number of ether oxygens (including phenoxy) is 1. The quantitative estimate of drug-likeness (QED) is 0.354. The molecule has 34 heavy (non-hydrogen) atoms. The summed E-state index contributed by atoms with van der Waals surface area (Å²) >= 11 is 0. The third kappa shape index (κ3) is 5.98. The molecule has 4 unspecified atom stereocenters. The molecule has 0 radical (unpaired) electrons. The SMILES string of the molecule is C/C=C/CCC1CCC2CC(c3ccc(-c4ccc(OC/C=C/C)c(F)c4)cc3F)CCC2C1. The summed E-state index contributed by atoms with van der Waals surface area (Å²) in [7, 11) is 0. The molecule has 0 bridgehead atoms. The highest BCUT2D eigenvalue weighted by Gasteiger charge is 2.36. The van der Waals surface area contributed by atoms with Crippen LogP contribution in [-0.4, -0.2) is 6.61 Å². The van der Waals surface area contributed by atoms with Crippen molar-refractivity contribution in [3.63, 3.8) is 0 Å². The maximum atomic E-state index is 15.2. The summed E-state index contributed by atoms with van der Waals surface area (Å²) in [5.74, 6) is 2.35. The molecular weight excluding hydrogens is 426 g/mol. The molecule has 0 heterocycles. The molecule has 1 nitrogen and oxygen atoms in total. The highest BCUT2D eigenvalue weighted by molar-refractivity contribution is 5.65. The Morgan fingerprint density at radius 1 is 0.824 bits per heavy atom. The van der Waals surface area contributed by atoms with Crippen LogP contribution in [0.4, 0.5) is 8.78 Å². The van der Waals surface area contributed by atoms with Crippen molar-refractivity contribution >= 4 is 0 Å². The van der Waals surface area contributed by atoms with Gasteiger partial charge in [-0.15, -0.1) is 0 Å². The van der Waals surface area contributed by atoms with Gasteiger partial charge in [0.2, 0.25) is 0 Å². The summed E-state index contributed by atoms with van der Waals surface area (Å²) in [6, 6.07) is 10.3. The van der Waals surface area contributed by atoms with Crippen LogP contribution in [-0.2, 0) is 0 Å². The standard InChI is InChI=1S/C31H38F2O/c1-3-5-7-8-22-9-10-24-19-27(12-11-23(24)18-22)28-15-13-25(20-29(28)32)26-14-16-31(30(33)21-26)34-17-6-4-2/h3-6,13-16,20-24,27H,7-12,17-19H2,1-2H3/b5-3+,6-4+. The van der Waals surface area contributed by atoms with Crippen LogP contribution < -0.4 is 4.74 Å². The number of fused-ring (bicyclic) bond motifs is 1. The van der Waals surface area contributed by atoms with Crippen molar-refractivity contribution in [3.05, 3.63) is 77.9 Å². The van der Waals surface area contributed by atoms with E-state index in [2.05, 4.69) is 19.1 Å². The number of hydrogen-bond acceptors (Lipinski definition) is 1. The summed E-state index contributed by atoms with van der Waals surface area (Å²) in [6.07, 6.45) is 18.0. The summed E-state index contributed by atoms with van der Waals surface area (Å²) < 4.78 is 35.1. The number of allylic oxidation sites excluding steroid dienone is 3. The smallest absolute Gasteiger partial charge is 0.165 e. The molecule has 3 heteroatoms. The Morgan fingerprint density at radius 3 is 2.26 bits per heavy atom. The molecule has 0 aliphatic heterocycles. The van der Waals surface area contributed by atoms with Gasteiger partial charge in [0.15, 0.2) is 11.6 Å². The first-order valence-corrected chi connectivity index (χ1v) is 13.0. The molecule has 4 atom stereocenters. The zero-order valence-electron chi connectivity index (χ0n) is 20.6. The van der Waals surface area contributed by atoms with Crippen LogP contribution in [0.2, 0.25) is 0 Å². The Labute approximate surface area is 203 Å². The molecule has 0 spiro atoms. The molecule has 0 amide bonds. The van der Waals surface area contributed by atoms with Crippen molar-refractivity contribution in [2.45, 2.75) is 71.1 Å². The highest BCUT2D eigenvalue weighted by Crippen LogP contribution is 2.49. The minimum absolute atomic E-state index is 0.158. The van der Waals surface area contributed by atoms with Gasteiger partial charge in [0, 0.05) is 0 Å². The van der Waals surface area contributed by atoms with Crippen molar-refractivity contribution in [2.24, 2.45) is 17.8 Å². The van der Waals surface area contributed by atoms with Gasteiger partial charge in [0.25, 0.3) is 0 Å². The predicted octanol–water partition coefficient (Wildman–Crippen LogP) is 9.24. The zero-order chi connectivity index (χ0) is 23.9. The van der Waals surface area contributed by atoms with E-state index in [1.54, 1.807) is 18.2 Å². The molecule has 2 aromatic carbocycles. The van der Waals surface area contributed by atoms with Gasteiger partial charge in [-0.1, -0.05) is 48.9 Å². The first-order chi connectivity index (χ1) is 16.6. The minimum Gasteiger partial charge on any atom is -0.486 e. The lowest BCUT2D eigenvalue weighted by molar-refractivity contribution is 0.114. The van der Waals surface area contributed by atoms with Gasteiger partial charge in [0.05, 0.1) is 0 Å². The van der Waals surface area contributed by atoms with Gasteiger partial charge in [0.1, 0.15) is 12.4 Å². The molecule has 182 valence electrons. The van der Waals surface area contributed by atoms with Crippen LogP contribution in [0.15, 0.2) is 60.7 Å². The van der Waals surface area contributed by atoms with Crippen LogP contribution in [0.5, 0.6) is 5.75 Å². The fourth-order valence-electron chi connectivity index (χ4n) is 6.10. The number of rotatable bonds is 8. The van der Waals surface area contributed by atoms with Crippen LogP contribution in [0.1, 0.15) is 76.7 Å². The molecule has 2 fully saturated rings. The predicted molar refractivity (Wildman–Crippen MR) is 137 cm³/mol. The molecule has 4 rings (SSSR count). The van der Waals surface area contributed by atoms with Gasteiger partial charge in [-0.25, -0.2) is 8.78 Å². The molecule has 0 saturated heterocycles. The number of hydrogen-bond donors (Lipinski definition) is 0. The third-order valence-corrected chi connectivity index (χ3v) is 7.98. The Morgan fingerprint density at radius 2 is 1.53 bits per heavy atom. The van der Waals surface area contributed by atoms with Crippen LogP contribution >= 0.6 is 0 Å². The summed E-state index contributed by atoms with van der Waals surface area (Å²) in [5.41, 5.74) is 2.21. The summed E-state index contributed by atoms with van der Waals surface area (Å²) in [4.78, 5) is 0. The normalized spacial score (nSPS) is 25.1. The van der Waals surface area contributed by atoms with E-state index >= 15 is 4.39 Å². The van der Waals surface area contributed by atoms with E-state index in [1.165, 1.54) is 44.6 Å². The Hall–Kier alpha value is -2.42. The summed E-state index contributed by atoms with van der Waals surface area (Å²) in [5, 5.41) is 0. The van der Waals surface area contributed by atoms with Gasteiger partial charge < -0.3 is 4.74 Å². The molecule has 2 aliphatic carbocycles. The topological polar surface area (TPSA) is 9.23 Å². The first-order valence-electron chi connectivity index (χ1n) is 13.0. The van der Waals surface area contributed by atoms with Crippen molar-refractivity contribution in [3.8, 4) is 16.9 Å². The lowest BCUT2D eigenvalue weighted by atomic mass is 9.63. The minimum atomic E-state index is -0.425. The number of benzene rings is 2. The highest BCUT2D eigenvalue weighted by atomic mass is 19.1. The van der Waals surface area contributed by atoms with E-state index in [1.807, 2.05) is 31.2 Å². The lowest BCUT2D eigenvalue weighted by Gasteiger charge is -2.42. The Bertz CT molecular complexity index is 1010.